The van der Waals surface area contributed by atoms with E-state index in [1.807, 2.05) is 4.90 Å². The van der Waals surface area contributed by atoms with E-state index in [9.17, 15) is 4.79 Å². The molecule has 1 saturated carbocycles. The largest absolute Gasteiger partial charge is 0.323 e. The summed E-state index contributed by atoms with van der Waals surface area (Å²) in [5.41, 5.74) is 0. The first kappa shape index (κ1) is 16.9. The van der Waals surface area contributed by atoms with Crippen LogP contribution in [-0.4, -0.2) is 82.8 Å². The summed E-state index contributed by atoms with van der Waals surface area (Å²) in [5, 5.41) is 13.1. The molecule has 0 radical (unpaired) electrons. The summed E-state index contributed by atoms with van der Waals surface area (Å²) in [6, 6.07) is 0.686. The second-order valence-electron chi connectivity index (χ2n) is 8.23. The third kappa shape index (κ3) is 3.23. The number of rotatable bonds is 3. The van der Waals surface area contributed by atoms with Crippen LogP contribution in [0.4, 0.5) is 9.93 Å². The molecule has 1 atom stereocenters. The van der Waals surface area contributed by atoms with E-state index >= 15 is 0 Å². The van der Waals surface area contributed by atoms with Crippen molar-refractivity contribution in [3.63, 3.8) is 0 Å². The van der Waals surface area contributed by atoms with Gasteiger partial charge in [0.05, 0.1) is 0 Å². The summed E-state index contributed by atoms with van der Waals surface area (Å²) in [6.07, 6.45) is 6.42. The quantitative estimate of drug-likeness (QED) is 0.875. The smallest absolute Gasteiger partial charge is 0.322 e. The van der Waals surface area contributed by atoms with Gasteiger partial charge in [-0.3, -0.25) is 10.2 Å². The van der Waals surface area contributed by atoms with Gasteiger partial charge >= 0.3 is 6.03 Å². The zero-order valence-electron chi connectivity index (χ0n) is 15.3. The van der Waals surface area contributed by atoms with E-state index in [0.29, 0.717) is 17.1 Å². The maximum Gasteiger partial charge on any atom is 0.323 e. The van der Waals surface area contributed by atoms with Crippen molar-refractivity contribution in [3.8, 4) is 0 Å². The van der Waals surface area contributed by atoms with Gasteiger partial charge in [-0.1, -0.05) is 17.8 Å². The summed E-state index contributed by atoms with van der Waals surface area (Å²) in [4.78, 5) is 19.7. The number of amides is 2. The molecule has 142 valence electrons. The first-order valence-corrected chi connectivity index (χ1v) is 10.9. The van der Waals surface area contributed by atoms with Crippen molar-refractivity contribution >= 4 is 22.5 Å². The summed E-state index contributed by atoms with van der Waals surface area (Å²) in [5.74, 6) is 1.44. The average molecular weight is 377 g/mol. The molecule has 2 bridgehead atoms. The van der Waals surface area contributed by atoms with Crippen molar-refractivity contribution in [1.82, 2.24) is 24.9 Å². The lowest BCUT2D eigenvalue weighted by atomic mass is 9.83. The number of piperazine rings is 1. The third-order valence-corrected chi connectivity index (χ3v) is 7.80. The molecule has 4 saturated heterocycles. The van der Waals surface area contributed by atoms with Crippen LogP contribution in [0.25, 0.3) is 0 Å². The molecule has 26 heavy (non-hydrogen) atoms. The van der Waals surface area contributed by atoms with Crippen molar-refractivity contribution in [2.45, 2.75) is 44.1 Å². The Balaban J connectivity index is 1.13. The SMILES string of the molecule is O=C(Nc1nnc(C2CCC2)s1)N1CCN([C@H]2CN3CCC2CC3)CC1. The topological polar surface area (TPSA) is 64.6 Å². The number of piperidine rings is 3. The monoisotopic (exact) mass is 376 g/mol. The third-order valence-electron chi connectivity index (χ3n) is 6.80. The summed E-state index contributed by atoms with van der Waals surface area (Å²) in [6.45, 7) is 7.40. The Labute approximate surface area is 158 Å². The average Bonchev–Trinajstić information content (AvgIpc) is 3.09. The molecule has 1 aromatic heterocycles. The van der Waals surface area contributed by atoms with E-state index in [-0.39, 0.29) is 6.03 Å². The van der Waals surface area contributed by atoms with Crippen LogP contribution < -0.4 is 5.32 Å². The molecule has 8 heteroatoms. The molecule has 7 nitrogen and oxygen atoms in total. The maximum absolute atomic E-state index is 12.6. The molecule has 2 amide bonds. The zero-order valence-corrected chi connectivity index (χ0v) is 16.1. The minimum absolute atomic E-state index is 0.0186. The van der Waals surface area contributed by atoms with Gasteiger partial charge in [-0.2, -0.15) is 0 Å². The molecule has 0 aromatic carbocycles. The Bertz CT molecular complexity index is 646. The van der Waals surface area contributed by atoms with Gasteiger partial charge in [0.15, 0.2) is 0 Å². The number of carbonyl (C=O) groups is 1. The predicted octanol–water partition coefficient (Wildman–Crippen LogP) is 2.05. The zero-order chi connectivity index (χ0) is 17.5. The molecule has 5 aliphatic rings. The van der Waals surface area contributed by atoms with Gasteiger partial charge in [0.25, 0.3) is 0 Å². The number of urea groups is 1. The molecule has 1 N–H and O–H groups in total. The van der Waals surface area contributed by atoms with Gasteiger partial charge in [-0.15, -0.1) is 10.2 Å². The minimum Gasteiger partial charge on any atom is -0.322 e. The highest BCUT2D eigenvalue weighted by atomic mass is 32.1. The second kappa shape index (κ2) is 7.05. The summed E-state index contributed by atoms with van der Waals surface area (Å²) >= 11 is 1.54. The van der Waals surface area contributed by atoms with Crippen molar-refractivity contribution in [2.24, 2.45) is 5.92 Å². The second-order valence-corrected chi connectivity index (χ2v) is 9.24. The van der Waals surface area contributed by atoms with Gasteiger partial charge in [0, 0.05) is 44.7 Å². The van der Waals surface area contributed by atoms with Crippen LogP contribution in [0.3, 0.4) is 0 Å². The number of carbonyl (C=O) groups excluding carboxylic acids is 1. The fraction of sp³-hybridized carbons (Fsp3) is 0.833. The Morgan fingerprint density at radius 2 is 1.77 bits per heavy atom. The van der Waals surface area contributed by atoms with Gasteiger partial charge in [-0.05, 0) is 44.7 Å². The van der Waals surface area contributed by atoms with Crippen molar-refractivity contribution < 1.29 is 4.79 Å². The van der Waals surface area contributed by atoms with Crippen LogP contribution in [-0.2, 0) is 0 Å². The van der Waals surface area contributed by atoms with Crippen LogP contribution in [0.5, 0.6) is 0 Å². The highest BCUT2D eigenvalue weighted by Gasteiger charge is 2.38. The molecule has 1 aliphatic carbocycles. The molecular weight excluding hydrogens is 348 g/mol. The molecule has 6 rings (SSSR count). The predicted molar refractivity (Wildman–Crippen MR) is 102 cm³/mol. The standard InChI is InChI=1S/C18H28N6OS/c25-18(19-17-21-20-16(26-17)14-2-1-3-14)24-10-8-23(9-11-24)15-12-22-6-4-13(15)5-7-22/h13-15H,1-12H2,(H,19,21,25)/t15-/m0/s1. The Morgan fingerprint density at radius 1 is 1.00 bits per heavy atom. The van der Waals surface area contributed by atoms with E-state index in [1.54, 1.807) is 11.3 Å². The molecule has 1 aromatic rings. The van der Waals surface area contributed by atoms with Crippen LogP contribution >= 0.6 is 11.3 Å². The lowest BCUT2D eigenvalue weighted by molar-refractivity contribution is -0.00971. The van der Waals surface area contributed by atoms with E-state index in [0.717, 1.165) is 37.1 Å². The highest BCUT2D eigenvalue weighted by Crippen LogP contribution is 2.38. The lowest BCUT2D eigenvalue weighted by Gasteiger charge is -2.50. The van der Waals surface area contributed by atoms with E-state index in [2.05, 4.69) is 25.3 Å². The fourth-order valence-corrected chi connectivity index (χ4v) is 5.78. The Hall–Kier alpha value is -1.25. The van der Waals surface area contributed by atoms with E-state index < -0.39 is 0 Å². The van der Waals surface area contributed by atoms with Crippen molar-refractivity contribution in [3.05, 3.63) is 5.01 Å². The number of nitrogens with one attached hydrogen (secondary N) is 1. The van der Waals surface area contributed by atoms with Gasteiger partial charge in [-0.25, -0.2) is 4.79 Å². The van der Waals surface area contributed by atoms with E-state index in [4.69, 9.17) is 0 Å². The van der Waals surface area contributed by atoms with Crippen LogP contribution in [0, 0.1) is 5.92 Å². The highest BCUT2D eigenvalue weighted by molar-refractivity contribution is 7.15. The van der Waals surface area contributed by atoms with E-state index in [1.165, 1.54) is 51.7 Å². The lowest BCUT2D eigenvalue weighted by Crippen LogP contribution is -2.61. The first-order chi connectivity index (χ1) is 12.8. The number of fused-ring (bicyclic) bond motifs is 3. The summed E-state index contributed by atoms with van der Waals surface area (Å²) < 4.78 is 0. The van der Waals surface area contributed by atoms with Crippen LogP contribution in [0.2, 0.25) is 0 Å². The van der Waals surface area contributed by atoms with Crippen LogP contribution in [0.15, 0.2) is 0 Å². The number of anilines is 1. The molecule has 4 aliphatic heterocycles. The Kier molecular flexibility index (Phi) is 4.58. The normalized spacial score (nSPS) is 32.5. The Morgan fingerprint density at radius 3 is 2.38 bits per heavy atom. The number of hydrogen-bond donors (Lipinski definition) is 1. The molecule has 5 fully saturated rings. The maximum atomic E-state index is 12.6. The van der Waals surface area contributed by atoms with Crippen molar-refractivity contribution in [1.29, 1.82) is 0 Å². The molecule has 0 unspecified atom stereocenters. The van der Waals surface area contributed by atoms with Crippen LogP contribution in [0.1, 0.15) is 43.0 Å². The molecule has 5 heterocycles. The molecular formula is C18H28N6OS. The number of aromatic nitrogens is 2. The number of nitrogens with zero attached hydrogens (tertiary/aromatic N) is 5. The molecule has 0 spiro atoms. The van der Waals surface area contributed by atoms with Gasteiger partial charge in [0.1, 0.15) is 5.01 Å². The summed E-state index contributed by atoms with van der Waals surface area (Å²) in [7, 11) is 0. The minimum atomic E-state index is -0.0186. The van der Waals surface area contributed by atoms with Gasteiger partial charge in [0.2, 0.25) is 5.13 Å². The van der Waals surface area contributed by atoms with Gasteiger partial charge < -0.3 is 9.80 Å². The number of hydrogen-bond acceptors (Lipinski definition) is 6. The van der Waals surface area contributed by atoms with Crippen molar-refractivity contribution in [2.75, 3.05) is 51.1 Å². The first-order valence-electron chi connectivity index (χ1n) is 10.1. The fourth-order valence-electron chi connectivity index (χ4n) is 4.88.